The summed E-state index contributed by atoms with van der Waals surface area (Å²) in [5.74, 6) is 0.328. The quantitative estimate of drug-likeness (QED) is 0.496. The van der Waals surface area contributed by atoms with Crippen molar-refractivity contribution in [3.63, 3.8) is 0 Å². The van der Waals surface area contributed by atoms with Crippen molar-refractivity contribution in [2.75, 3.05) is 33.2 Å². The van der Waals surface area contributed by atoms with Crippen LogP contribution in [-0.2, 0) is 11.3 Å². The van der Waals surface area contributed by atoms with Crippen molar-refractivity contribution >= 4 is 34.3 Å². The summed E-state index contributed by atoms with van der Waals surface area (Å²) in [5.41, 5.74) is 2.76. The number of aromatic nitrogens is 1. The maximum atomic E-state index is 13.0. The van der Waals surface area contributed by atoms with Gasteiger partial charge in [0.05, 0.1) is 0 Å². The van der Waals surface area contributed by atoms with Gasteiger partial charge in [0.2, 0.25) is 5.91 Å². The Balaban J connectivity index is 1.21. The highest BCUT2D eigenvalue weighted by atomic mass is 35.5. The van der Waals surface area contributed by atoms with E-state index in [9.17, 15) is 9.59 Å². The number of hydrogen-bond donors (Lipinski definition) is 2. The molecule has 2 amide bonds. The zero-order valence-electron chi connectivity index (χ0n) is 19.9. The Hall–Kier alpha value is -2.83. The van der Waals surface area contributed by atoms with Crippen molar-refractivity contribution in [3.05, 3.63) is 70.9 Å². The summed E-state index contributed by atoms with van der Waals surface area (Å²) in [4.78, 5) is 33.0. The Morgan fingerprint density at radius 3 is 2.62 bits per heavy atom. The van der Waals surface area contributed by atoms with Gasteiger partial charge in [-0.05, 0) is 55.6 Å². The summed E-state index contributed by atoms with van der Waals surface area (Å²) < 4.78 is 0. The molecule has 1 fully saturated rings. The number of fused-ring (bicyclic) bond motifs is 1. The topological polar surface area (TPSA) is 68.4 Å². The molecule has 1 saturated heterocycles. The Kier molecular flexibility index (Phi) is 7.91. The molecule has 0 spiro atoms. The number of rotatable bonds is 8. The third kappa shape index (κ3) is 5.99. The molecule has 1 aliphatic heterocycles. The van der Waals surface area contributed by atoms with E-state index < -0.39 is 0 Å². The van der Waals surface area contributed by atoms with Crippen LogP contribution in [0.3, 0.4) is 0 Å². The van der Waals surface area contributed by atoms with E-state index in [1.807, 2.05) is 54.3 Å². The van der Waals surface area contributed by atoms with E-state index in [2.05, 4.69) is 34.4 Å². The van der Waals surface area contributed by atoms with Crippen molar-refractivity contribution in [1.29, 1.82) is 0 Å². The van der Waals surface area contributed by atoms with E-state index in [1.54, 1.807) is 0 Å². The fraction of sp³-hybridized carbons (Fsp3) is 0.407. The molecule has 0 saturated carbocycles. The molecule has 4 rings (SSSR count). The van der Waals surface area contributed by atoms with Crippen molar-refractivity contribution in [3.8, 4) is 0 Å². The molecule has 7 heteroatoms. The molecule has 180 valence electrons. The number of H-pyrrole nitrogens is 1. The molecular formula is C27H33ClN4O2. The molecule has 3 aromatic rings. The van der Waals surface area contributed by atoms with E-state index >= 15 is 0 Å². The fourth-order valence-electron chi connectivity index (χ4n) is 4.71. The first kappa shape index (κ1) is 24.3. The highest BCUT2D eigenvalue weighted by Crippen LogP contribution is 2.27. The van der Waals surface area contributed by atoms with Gasteiger partial charge in [0.15, 0.2) is 0 Å². The molecule has 2 N–H and O–H groups in total. The van der Waals surface area contributed by atoms with Crippen LogP contribution < -0.4 is 5.32 Å². The number of nitrogens with one attached hydrogen (secondary N) is 2. The average molecular weight is 481 g/mol. The Labute approximate surface area is 206 Å². The lowest BCUT2D eigenvalue weighted by molar-refractivity contribution is -0.126. The first-order valence-electron chi connectivity index (χ1n) is 12.0. The molecule has 2 aromatic carbocycles. The van der Waals surface area contributed by atoms with Crippen LogP contribution in [0.4, 0.5) is 0 Å². The Bertz CT molecular complexity index is 1120. The van der Waals surface area contributed by atoms with Gasteiger partial charge in [-0.1, -0.05) is 48.9 Å². The van der Waals surface area contributed by atoms with Crippen molar-refractivity contribution in [2.45, 2.75) is 26.3 Å². The molecule has 34 heavy (non-hydrogen) atoms. The maximum absolute atomic E-state index is 13.0. The molecule has 1 aliphatic rings. The number of amides is 2. The summed E-state index contributed by atoms with van der Waals surface area (Å²) >= 11 is 6.06. The second-order valence-corrected chi connectivity index (χ2v) is 9.78. The lowest BCUT2D eigenvalue weighted by Crippen LogP contribution is -2.43. The number of halogens is 1. The largest absolute Gasteiger partial charge is 0.355 e. The number of carbonyl (C=O) groups is 2. The van der Waals surface area contributed by atoms with Crippen molar-refractivity contribution in [2.24, 2.45) is 11.8 Å². The highest BCUT2D eigenvalue weighted by molar-refractivity contribution is 6.31. The predicted molar refractivity (Wildman–Crippen MR) is 137 cm³/mol. The van der Waals surface area contributed by atoms with Gasteiger partial charge >= 0.3 is 0 Å². The highest BCUT2D eigenvalue weighted by Gasteiger charge is 2.30. The minimum Gasteiger partial charge on any atom is -0.355 e. The zero-order valence-corrected chi connectivity index (χ0v) is 20.6. The molecule has 0 radical (unpaired) electrons. The summed E-state index contributed by atoms with van der Waals surface area (Å²) in [7, 11) is 2.07. The van der Waals surface area contributed by atoms with Crippen molar-refractivity contribution in [1.82, 2.24) is 20.1 Å². The summed E-state index contributed by atoms with van der Waals surface area (Å²) in [6.07, 6.45) is 1.67. The number of likely N-dealkylation sites (tertiary alicyclic amines) is 1. The van der Waals surface area contributed by atoms with E-state index in [-0.39, 0.29) is 23.7 Å². The number of benzene rings is 2. The molecule has 0 unspecified atom stereocenters. The van der Waals surface area contributed by atoms with E-state index in [0.717, 1.165) is 36.8 Å². The summed E-state index contributed by atoms with van der Waals surface area (Å²) in [6, 6.07) is 17.8. The number of piperidine rings is 1. The van der Waals surface area contributed by atoms with Gasteiger partial charge in [0.25, 0.3) is 5.91 Å². The van der Waals surface area contributed by atoms with Crippen LogP contribution >= 0.6 is 11.6 Å². The van der Waals surface area contributed by atoms with Gasteiger partial charge in [-0.15, -0.1) is 0 Å². The summed E-state index contributed by atoms with van der Waals surface area (Å²) in [5, 5.41) is 4.69. The number of carbonyl (C=O) groups excluding carboxylic acids is 2. The summed E-state index contributed by atoms with van der Waals surface area (Å²) in [6.45, 7) is 5.63. The average Bonchev–Trinajstić information content (AvgIpc) is 3.27. The van der Waals surface area contributed by atoms with Gasteiger partial charge in [0, 0.05) is 54.6 Å². The van der Waals surface area contributed by atoms with E-state index in [0.29, 0.717) is 30.4 Å². The molecule has 6 nitrogen and oxygen atoms in total. The molecule has 0 bridgehead atoms. The monoisotopic (exact) mass is 480 g/mol. The SMILES string of the molecule is C[C@@H](C(=O)NCCN(C)Cc1ccccc1)C1CCN(C(=O)c2cc3cc(Cl)ccc3[nH]2)CC1. The predicted octanol–water partition coefficient (Wildman–Crippen LogP) is 4.56. The normalized spacial score (nSPS) is 15.6. The number of likely N-dealkylation sites (N-methyl/N-ethyl adjacent to an activating group) is 1. The lowest BCUT2D eigenvalue weighted by atomic mass is 9.84. The molecule has 2 heterocycles. The second-order valence-electron chi connectivity index (χ2n) is 9.35. The van der Waals surface area contributed by atoms with Crippen LogP contribution in [0.5, 0.6) is 0 Å². The van der Waals surface area contributed by atoms with Crippen LogP contribution in [0.25, 0.3) is 10.9 Å². The van der Waals surface area contributed by atoms with Crippen LogP contribution in [0.15, 0.2) is 54.6 Å². The van der Waals surface area contributed by atoms with E-state index in [1.165, 1.54) is 5.56 Å². The Morgan fingerprint density at radius 2 is 1.88 bits per heavy atom. The molecule has 1 aromatic heterocycles. The van der Waals surface area contributed by atoms with Gasteiger partial charge < -0.3 is 20.1 Å². The van der Waals surface area contributed by atoms with Gasteiger partial charge in [0.1, 0.15) is 5.69 Å². The zero-order chi connectivity index (χ0) is 24.1. The standard InChI is InChI=1S/C27H33ClN4O2/c1-19(26(33)29-12-15-31(2)18-20-6-4-3-5-7-20)21-10-13-32(14-11-21)27(34)25-17-22-16-23(28)8-9-24(22)30-25/h3-9,16-17,19,21,30H,10-15,18H2,1-2H3,(H,29,33)/t19-/m1/s1. The first-order chi connectivity index (χ1) is 16.4. The van der Waals surface area contributed by atoms with Gasteiger partial charge in [-0.2, -0.15) is 0 Å². The van der Waals surface area contributed by atoms with Crippen molar-refractivity contribution < 1.29 is 9.59 Å². The molecular weight excluding hydrogens is 448 g/mol. The minimum atomic E-state index is -0.0631. The van der Waals surface area contributed by atoms with Crippen LogP contribution in [-0.4, -0.2) is 59.8 Å². The van der Waals surface area contributed by atoms with Crippen LogP contribution in [0, 0.1) is 11.8 Å². The smallest absolute Gasteiger partial charge is 0.270 e. The second kappa shape index (κ2) is 11.1. The first-order valence-corrected chi connectivity index (χ1v) is 12.4. The van der Waals surface area contributed by atoms with Gasteiger partial charge in [-0.3, -0.25) is 9.59 Å². The lowest BCUT2D eigenvalue weighted by Gasteiger charge is -2.34. The molecule has 1 atom stereocenters. The fourth-order valence-corrected chi connectivity index (χ4v) is 4.89. The van der Waals surface area contributed by atoms with Gasteiger partial charge in [-0.25, -0.2) is 0 Å². The van der Waals surface area contributed by atoms with Crippen LogP contribution in [0.2, 0.25) is 5.02 Å². The van der Waals surface area contributed by atoms with E-state index in [4.69, 9.17) is 11.6 Å². The molecule has 0 aliphatic carbocycles. The third-order valence-electron chi connectivity index (χ3n) is 6.85. The Morgan fingerprint density at radius 1 is 1.15 bits per heavy atom. The maximum Gasteiger partial charge on any atom is 0.270 e. The minimum absolute atomic E-state index is 0.00401. The number of aromatic amines is 1. The number of hydrogen-bond acceptors (Lipinski definition) is 3. The third-order valence-corrected chi connectivity index (χ3v) is 7.08. The van der Waals surface area contributed by atoms with Crippen LogP contribution in [0.1, 0.15) is 35.8 Å². The number of nitrogens with zero attached hydrogens (tertiary/aromatic N) is 2.